The third kappa shape index (κ3) is 4.56. The first kappa shape index (κ1) is 23.3. The Morgan fingerprint density at radius 1 is 1.05 bits per heavy atom. The van der Waals surface area contributed by atoms with Crippen molar-refractivity contribution in [2.45, 2.75) is 26.2 Å². The van der Waals surface area contributed by atoms with E-state index in [1.165, 1.54) is 11.3 Å². The van der Waals surface area contributed by atoms with Crippen LogP contribution in [0.5, 0.6) is 0 Å². The Morgan fingerprint density at radius 2 is 1.95 bits per heavy atom. The van der Waals surface area contributed by atoms with Crippen molar-refractivity contribution >= 4 is 56.6 Å². The number of aromatic nitrogens is 7. The van der Waals surface area contributed by atoms with E-state index in [9.17, 15) is 4.79 Å². The Hall–Kier alpha value is -4.15. The molecule has 6 rings (SSSR count). The monoisotopic (exact) mass is 528 g/mol. The van der Waals surface area contributed by atoms with E-state index < -0.39 is 0 Å². The molecule has 0 aliphatic carbocycles. The molecule has 37 heavy (non-hydrogen) atoms. The Balaban J connectivity index is 1.37. The summed E-state index contributed by atoms with van der Waals surface area (Å²) in [5.74, 6) is 0.558. The lowest BCUT2D eigenvalue weighted by Gasteiger charge is -2.07. The van der Waals surface area contributed by atoms with Gasteiger partial charge in [-0.25, -0.2) is 9.97 Å². The second-order valence-corrected chi connectivity index (χ2v) is 10.2. The van der Waals surface area contributed by atoms with Gasteiger partial charge in [-0.3, -0.25) is 19.9 Å². The standard InChI is InChI=1S/C26H21ClN8OS/c1-2-3-4-21(36)30-15-11-14(12-28-13-15)16-5-6-18-23(31-16)25(35-34-18)26-32-17-9-10-29-24(22(17)33-26)19-7-8-20(27)37-19/h5-13H,2-4H2,1H3,(H,30,36)(H,32,33)(H,34,35). The number of carbonyl (C=O) groups is 1. The second kappa shape index (κ2) is 9.72. The van der Waals surface area contributed by atoms with Crippen LogP contribution >= 0.6 is 22.9 Å². The maximum absolute atomic E-state index is 12.2. The van der Waals surface area contributed by atoms with Crippen LogP contribution in [0.3, 0.4) is 0 Å². The van der Waals surface area contributed by atoms with Gasteiger partial charge in [-0.2, -0.15) is 5.10 Å². The third-order valence-corrected chi connectivity index (χ3v) is 7.15. The highest BCUT2D eigenvalue weighted by Gasteiger charge is 2.18. The van der Waals surface area contributed by atoms with Crippen LogP contribution in [0.2, 0.25) is 4.34 Å². The molecule has 6 heterocycles. The Labute approximate surface area is 220 Å². The van der Waals surface area contributed by atoms with E-state index in [1.54, 1.807) is 18.6 Å². The van der Waals surface area contributed by atoms with Crippen molar-refractivity contribution in [1.29, 1.82) is 0 Å². The molecule has 184 valence electrons. The van der Waals surface area contributed by atoms with Gasteiger partial charge in [-0.15, -0.1) is 11.3 Å². The number of rotatable bonds is 7. The Bertz CT molecular complexity index is 1750. The van der Waals surface area contributed by atoms with Gasteiger partial charge in [0.15, 0.2) is 11.5 Å². The highest BCUT2D eigenvalue weighted by Crippen LogP contribution is 2.35. The number of thiophene rings is 1. The average Bonchev–Trinajstić information content (AvgIpc) is 3.64. The number of amides is 1. The fraction of sp³-hybridized carbons (Fsp3) is 0.154. The molecule has 0 unspecified atom stereocenters. The molecule has 0 aliphatic rings. The molecule has 1 amide bonds. The number of H-pyrrole nitrogens is 2. The van der Waals surface area contributed by atoms with Crippen molar-refractivity contribution in [3.8, 4) is 33.3 Å². The van der Waals surface area contributed by atoms with E-state index in [0.717, 1.165) is 45.5 Å². The van der Waals surface area contributed by atoms with Gasteiger partial charge < -0.3 is 10.3 Å². The number of anilines is 1. The van der Waals surface area contributed by atoms with E-state index in [-0.39, 0.29) is 5.91 Å². The van der Waals surface area contributed by atoms with Crippen molar-refractivity contribution < 1.29 is 4.79 Å². The summed E-state index contributed by atoms with van der Waals surface area (Å²) in [7, 11) is 0. The van der Waals surface area contributed by atoms with Crippen LogP contribution in [0.1, 0.15) is 26.2 Å². The summed E-state index contributed by atoms with van der Waals surface area (Å²) in [5.41, 5.74) is 6.51. The summed E-state index contributed by atoms with van der Waals surface area (Å²) in [6.07, 6.45) is 7.40. The highest BCUT2D eigenvalue weighted by atomic mass is 35.5. The number of unbranched alkanes of at least 4 members (excludes halogenated alkanes) is 1. The van der Waals surface area contributed by atoms with Crippen LogP contribution in [0.4, 0.5) is 5.69 Å². The average molecular weight is 529 g/mol. The largest absolute Gasteiger partial charge is 0.336 e. The summed E-state index contributed by atoms with van der Waals surface area (Å²) < 4.78 is 0.693. The first-order valence-electron chi connectivity index (χ1n) is 11.8. The molecule has 0 radical (unpaired) electrons. The SMILES string of the molecule is CCCCC(=O)Nc1cncc(-c2ccc3[nH]nc(-c4nc5c(-c6ccc(Cl)s6)nccc5[nH]4)c3n2)c1. The topological polar surface area (TPSA) is 125 Å². The van der Waals surface area contributed by atoms with Crippen molar-refractivity contribution in [2.24, 2.45) is 0 Å². The number of nitrogens with one attached hydrogen (secondary N) is 3. The molecule has 0 aromatic carbocycles. The van der Waals surface area contributed by atoms with Gasteiger partial charge in [0.2, 0.25) is 5.91 Å². The molecule has 6 aromatic heterocycles. The minimum atomic E-state index is -0.0232. The van der Waals surface area contributed by atoms with E-state index in [1.807, 2.05) is 36.4 Å². The number of aromatic amines is 2. The zero-order chi connectivity index (χ0) is 25.4. The van der Waals surface area contributed by atoms with Crippen LogP contribution in [-0.2, 0) is 4.79 Å². The fourth-order valence-corrected chi connectivity index (χ4v) is 5.14. The number of hydrogen-bond acceptors (Lipinski definition) is 7. The fourth-order valence-electron chi connectivity index (χ4n) is 4.10. The molecule has 0 bridgehead atoms. The van der Waals surface area contributed by atoms with Crippen LogP contribution in [-0.4, -0.2) is 41.0 Å². The van der Waals surface area contributed by atoms with Gasteiger partial charge in [0, 0.05) is 24.4 Å². The van der Waals surface area contributed by atoms with Gasteiger partial charge >= 0.3 is 0 Å². The van der Waals surface area contributed by atoms with Crippen molar-refractivity contribution in [3.05, 3.63) is 59.3 Å². The molecule has 0 saturated carbocycles. The Morgan fingerprint density at radius 3 is 2.78 bits per heavy atom. The molecule has 0 aliphatic heterocycles. The highest BCUT2D eigenvalue weighted by molar-refractivity contribution is 7.19. The van der Waals surface area contributed by atoms with E-state index in [0.29, 0.717) is 39.2 Å². The molecular formula is C26H21ClN8OS. The van der Waals surface area contributed by atoms with Gasteiger partial charge in [-0.1, -0.05) is 24.9 Å². The molecule has 3 N–H and O–H groups in total. The molecule has 0 spiro atoms. The predicted molar refractivity (Wildman–Crippen MR) is 146 cm³/mol. The van der Waals surface area contributed by atoms with Crippen molar-refractivity contribution in [1.82, 2.24) is 35.1 Å². The van der Waals surface area contributed by atoms with Crippen molar-refractivity contribution in [2.75, 3.05) is 5.32 Å². The maximum atomic E-state index is 12.2. The third-order valence-electron chi connectivity index (χ3n) is 5.91. The number of hydrogen-bond donors (Lipinski definition) is 3. The summed E-state index contributed by atoms with van der Waals surface area (Å²) in [5, 5.41) is 10.5. The van der Waals surface area contributed by atoms with E-state index in [4.69, 9.17) is 21.6 Å². The van der Waals surface area contributed by atoms with Gasteiger partial charge in [0.1, 0.15) is 16.7 Å². The lowest BCUT2D eigenvalue weighted by molar-refractivity contribution is -0.116. The molecule has 9 nitrogen and oxygen atoms in total. The number of fused-ring (bicyclic) bond motifs is 2. The molecule has 0 fully saturated rings. The smallest absolute Gasteiger partial charge is 0.224 e. The maximum Gasteiger partial charge on any atom is 0.224 e. The number of halogens is 1. The van der Waals surface area contributed by atoms with E-state index in [2.05, 4.69) is 37.4 Å². The summed E-state index contributed by atoms with van der Waals surface area (Å²) in [6, 6.07) is 11.4. The molecule has 11 heteroatoms. The first-order chi connectivity index (χ1) is 18.1. The van der Waals surface area contributed by atoms with Crippen molar-refractivity contribution in [3.63, 3.8) is 0 Å². The van der Waals surface area contributed by atoms with Crippen LogP contribution in [0.15, 0.2) is 55.0 Å². The minimum absolute atomic E-state index is 0.0232. The van der Waals surface area contributed by atoms with Gasteiger partial charge in [0.25, 0.3) is 0 Å². The number of imidazole rings is 1. The summed E-state index contributed by atoms with van der Waals surface area (Å²) in [6.45, 7) is 2.06. The second-order valence-electron chi connectivity index (χ2n) is 8.52. The summed E-state index contributed by atoms with van der Waals surface area (Å²) in [4.78, 5) is 35.0. The van der Waals surface area contributed by atoms with Crippen LogP contribution < -0.4 is 5.32 Å². The minimum Gasteiger partial charge on any atom is -0.336 e. The number of nitrogens with zero attached hydrogens (tertiary/aromatic N) is 5. The van der Waals surface area contributed by atoms with Gasteiger partial charge in [-0.05, 0) is 42.8 Å². The van der Waals surface area contributed by atoms with E-state index >= 15 is 0 Å². The zero-order valence-corrected chi connectivity index (χ0v) is 21.3. The lowest BCUT2D eigenvalue weighted by atomic mass is 10.1. The first-order valence-corrected chi connectivity index (χ1v) is 13.0. The number of carbonyl (C=O) groups excluding carboxylic acids is 1. The lowest BCUT2D eigenvalue weighted by Crippen LogP contribution is -2.11. The Kier molecular flexibility index (Phi) is 6.11. The predicted octanol–water partition coefficient (Wildman–Crippen LogP) is 6.47. The normalized spacial score (nSPS) is 11.4. The summed E-state index contributed by atoms with van der Waals surface area (Å²) >= 11 is 7.60. The van der Waals surface area contributed by atoms with Crippen LogP contribution in [0.25, 0.3) is 55.4 Å². The number of pyridine rings is 3. The molecule has 6 aromatic rings. The molecule has 0 saturated heterocycles. The quantitative estimate of drug-likeness (QED) is 0.218. The molecular weight excluding hydrogens is 508 g/mol. The van der Waals surface area contributed by atoms with Gasteiger partial charge in [0.05, 0.1) is 37.8 Å². The zero-order valence-electron chi connectivity index (χ0n) is 19.7. The molecule has 0 atom stereocenters. The van der Waals surface area contributed by atoms with Crippen LogP contribution in [0, 0.1) is 0 Å².